The predicted octanol–water partition coefficient (Wildman–Crippen LogP) is 0.633. The first-order chi connectivity index (χ1) is 10.8. The van der Waals surface area contributed by atoms with E-state index in [-0.39, 0.29) is 0 Å². The van der Waals surface area contributed by atoms with Crippen molar-refractivity contribution in [2.75, 3.05) is 64.6 Å². The molecule has 0 aliphatic carbocycles. The van der Waals surface area contributed by atoms with E-state index in [0.29, 0.717) is 32.3 Å². The van der Waals surface area contributed by atoms with Crippen LogP contribution in [0.25, 0.3) is 0 Å². The summed E-state index contributed by atoms with van der Waals surface area (Å²) >= 11 is 1.68. The van der Waals surface area contributed by atoms with Crippen molar-refractivity contribution in [3.8, 4) is 0 Å². The number of ether oxygens (including phenoxy) is 2. The lowest BCUT2D eigenvalue weighted by atomic mass is 10.3. The fourth-order valence-corrected chi connectivity index (χ4v) is 2.90. The van der Waals surface area contributed by atoms with Crippen LogP contribution in [-0.4, -0.2) is 75.5 Å². The lowest BCUT2D eigenvalue weighted by Gasteiger charge is -2.35. The van der Waals surface area contributed by atoms with Gasteiger partial charge in [-0.1, -0.05) is 0 Å². The number of piperazine rings is 1. The van der Waals surface area contributed by atoms with Crippen LogP contribution in [0.3, 0.4) is 0 Å². The average Bonchev–Trinajstić information content (AvgIpc) is 3.08. The summed E-state index contributed by atoms with van der Waals surface area (Å²) in [6.07, 6.45) is 2.72. The van der Waals surface area contributed by atoms with Crippen LogP contribution in [0, 0.1) is 0 Å². The molecule has 2 rings (SSSR count). The lowest BCUT2D eigenvalue weighted by Crippen LogP contribution is -2.51. The monoisotopic (exact) mass is 327 g/mol. The highest BCUT2D eigenvalue weighted by atomic mass is 32.1. The van der Waals surface area contributed by atoms with E-state index in [1.165, 1.54) is 0 Å². The second-order valence-electron chi connectivity index (χ2n) is 4.99. The van der Waals surface area contributed by atoms with Gasteiger partial charge in [0.2, 0.25) is 0 Å². The molecule has 0 aromatic carbocycles. The van der Waals surface area contributed by atoms with Gasteiger partial charge in [-0.3, -0.25) is 4.99 Å². The maximum atomic E-state index is 6.06. The Kier molecular flexibility index (Phi) is 7.41. The van der Waals surface area contributed by atoms with Crippen molar-refractivity contribution in [3.05, 3.63) is 11.6 Å². The third-order valence-corrected chi connectivity index (χ3v) is 4.28. The molecule has 0 bridgehead atoms. The van der Waals surface area contributed by atoms with Gasteiger partial charge in [-0.05, 0) is 6.42 Å². The molecule has 1 aromatic heterocycles. The predicted molar refractivity (Wildman–Crippen MR) is 89.7 cm³/mol. The Labute approximate surface area is 135 Å². The van der Waals surface area contributed by atoms with Crippen LogP contribution in [0.4, 0.5) is 5.13 Å². The molecule has 2 N–H and O–H groups in total. The van der Waals surface area contributed by atoms with E-state index < -0.39 is 0 Å². The molecule has 0 unspecified atom stereocenters. The number of aliphatic imine (C=N–C) groups is 1. The third kappa shape index (κ3) is 5.43. The standard InChI is InChI=1S/C14H25N5O2S/c1-20-10-11-21-9-2-3-16-13(15)18-5-7-19(8-6-18)14-17-4-12-22-14/h4,12H,2-3,5-11H2,1H3,(H2,15,16). The van der Waals surface area contributed by atoms with Crippen LogP contribution in [0.15, 0.2) is 16.6 Å². The van der Waals surface area contributed by atoms with Crippen molar-refractivity contribution in [3.63, 3.8) is 0 Å². The zero-order chi connectivity index (χ0) is 15.6. The molecule has 1 fully saturated rings. The Balaban J connectivity index is 1.62. The molecule has 1 aliphatic heterocycles. The van der Waals surface area contributed by atoms with Crippen LogP contribution in [0.2, 0.25) is 0 Å². The van der Waals surface area contributed by atoms with Crippen LogP contribution in [0.1, 0.15) is 6.42 Å². The quantitative estimate of drug-likeness (QED) is 0.429. The number of nitrogens with zero attached hydrogens (tertiary/aromatic N) is 4. The summed E-state index contributed by atoms with van der Waals surface area (Å²) in [5.74, 6) is 0.635. The van der Waals surface area contributed by atoms with E-state index in [2.05, 4.69) is 19.8 Å². The van der Waals surface area contributed by atoms with Gasteiger partial charge in [0.1, 0.15) is 0 Å². The average molecular weight is 327 g/mol. The Hall–Kier alpha value is -1.38. The highest BCUT2D eigenvalue weighted by molar-refractivity contribution is 7.13. The van der Waals surface area contributed by atoms with Crippen LogP contribution >= 0.6 is 11.3 Å². The first kappa shape index (κ1) is 17.0. The van der Waals surface area contributed by atoms with Crippen molar-refractivity contribution < 1.29 is 9.47 Å². The Morgan fingerprint density at radius 2 is 2.14 bits per heavy atom. The van der Waals surface area contributed by atoms with E-state index in [9.17, 15) is 0 Å². The zero-order valence-corrected chi connectivity index (χ0v) is 13.9. The number of thiazole rings is 1. The van der Waals surface area contributed by atoms with E-state index >= 15 is 0 Å². The van der Waals surface area contributed by atoms with E-state index in [4.69, 9.17) is 15.2 Å². The molecule has 1 aliphatic rings. The summed E-state index contributed by atoms with van der Waals surface area (Å²) in [7, 11) is 1.67. The minimum absolute atomic E-state index is 0.633. The first-order valence-electron chi connectivity index (χ1n) is 7.57. The molecular formula is C14H25N5O2S. The molecule has 1 saturated heterocycles. The molecule has 8 heteroatoms. The van der Waals surface area contributed by atoms with Gasteiger partial charge in [-0.25, -0.2) is 4.98 Å². The van der Waals surface area contributed by atoms with Crippen molar-refractivity contribution in [1.82, 2.24) is 9.88 Å². The Morgan fingerprint density at radius 3 is 2.82 bits per heavy atom. The first-order valence-corrected chi connectivity index (χ1v) is 8.45. The van der Waals surface area contributed by atoms with Gasteiger partial charge in [-0.15, -0.1) is 11.3 Å². The summed E-state index contributed by atoms with van der Waals surface area (Å²) in [5.41, 5.74) is 6.06. The number of hydrogen-bond donors (Lipinski definition) is 1. The fourth-order valence-electron chi connectivity index (χ4n) is 2.20. The van der Waals surface area contributed by atoms with E-state index in [0.717, 1.165) is 37.7 Å². The summed E-state index contributed by atoms with van der Waals surface area (Å²) in [4.78, 5) is 13.2. The Morgan fingerprint density at radius 1 is 1.32 bits per heavy atom. The van der Waals surface area contributed by atoms with Gasteiger partial charge >= 0.3 is 0 Å². The molecule has 2 heterocycles. The number of nitrogens with two attached hydrogens (primary N) is 1. The van der Waals surface area contributed by atoms with Crippen molar-refractivity contribution in [2.24, 2.45) is 10.7 Å². The zero-order valence-electron chi connectivity index (χ0n) is 13.1. The highest BCUT2D eigenvalue weighted by Gasteiger charge is 2.19. The van der Waals surface area contributed by atoms with Gasteiger partial charge < -0.3 is 25.0 Å². The summed E-state index contributed by atoms with van der Waals surface area (Å²) in [6, 6.07) is 0. The second kappa shape index (κ2) is 9.60. The topological polar surface area (TPSA) is 76.2 Å². The summed E-state index contributed by atoms with van der Waals surface area (Å²) in [6.45, 7) is 6.30. The minimum atomic E-state index is 0.633. The van der Waals surface area contributed by atoms with Crippen LogP contribution < -0.4 is 10.6 Å². The maximum absolute atomic E-state index is 6.06. The highest BCUT2D eigenvalue weighted by Crippen LogP contribution is 2.18. The molecule has 124 valence electrons. The van der Waals surface area contributed by atoms with Gasteiger partial charge in [0.25, 0.3) is 0 Å². The minimum Gasteiger partial charge on any atom is -0.382 e. The molecule has 7 nitrogen and oxygen atoms in total. The molecule has 0 radical (unpaired) electrons. The van der Waals surface area contributed by atoms with Gasteiger partial charge in [-0.2, -0.15) is 0 Å². The van der Waals surface area contributed by atoms with Gasteiger partial charge in [0.15, 0.2) is 11.1 Å². The number of anilines is 1. The van der Waals surface area contributed by atoms with Crippen molar-refractivity contribution in [1.29, 1.82) is 0 Å². The van der Waals surface area contributed by atoms with E-state index in [1.54, 1.807) is 18.4 Å². The third-order valence-electron chi connectivity index (χ3n) is 3.45. The molecule has 22 heavy (non-hydrogen) atoms. The molecular weight excluding hydrogens is 302 g/mol. The SMILES string of the molecule is COCCOCCCN=C(N)N1CCN(c2nccs2)CC1. The van der Waals surface area contributed by atoms with E-state index in [1.807, 2.05) is 11.6 Å². The molecule has 0 saturated carbocycles. The number of guanidine groups is 1. The fraction of sp³-hybridized carbons (Fsp3) is 0.714. The molecule has 0 spiro atoms. The number of hydrogen-bond acceptors (Lipinski definition) is 6. The van der Waals surface area contributed by atoms with Crippen molar-refractivity contribution in [2.45, 2.75) is 6.42 Å². The second-order valence-corrected chi connectivity index (χ2v) is 5.86. The largest absolute Gasteiger partial charge is 0.382 e. The number of rotatable bonds is 8. The smallest absolute Gasteiger partial charge is 0.191 e. The Bertz CT molecular complexity index is 432. The van der Waals surface area contributed by atoms with Crippen LogP contribution in [0.5, 0.6) is 0 Å². The van der Waals surface area contributed by atoms with Crippen molar-refractivity contribution >= 4 is 22.4 Å². The van der Waals surface area contributed by atoms with Gasteiger partial charge in [0, 0.05) is 58.0 Å². The molecule has 1 aromatic rings. The summed E-state index contributed by atoms with van der Waals surface area (Å²) < 4.78 is 10.3. The maximum Gasteiger partial charge on any atom is 0.191 e. The normalized spacial score (nSPS) is 16.3. The summed E-state index contributed by atoms with van der Waals surface area (Å²) in [5, 5.41) is 3.09. The number of methoxy groups -OCH3 is 1. The molecule has 0 amide bonds. The van der Waals surface area contributed by atoms with Crippen LogP contribution in [-0.2, 0) is 9.47 Å². The lowest BCUT2D eigenvalue weighted by molar-refractivity contribution is 0.0702. The van der Waals surface area contributed by atoms with Gasteiger partial charge in [0.05, 0.1) is 13.2 Å². The number of aromatic nitrogens is 1. The molecule has 0 atom stereocenters.